The monoisotopic (exact) mass is 285 g/mol. The zero-order valence-electron chi connectivity index (χ0n) is 12.3. The first-order chi connectivity index (χ1) is 9.61. The van der Waals surface area contributed by atoms with Gasteiger partial charge >= 0.3 is 5.69 Å². The minimum Gasteiger partial charge on any atom is -0.383 e. The summed E-state index contributed by atoms with van der Waals surface area (Å²) in [5.74, 6) is 0.489. The van der Waals surface area contributed by atoms with E-state index in [0.717, 1.165) is 13.0 Å². The number of ether oxygens (including phenoxy) is 1. The lowest BCUT2D eigenvalue weighted by molar-refractivity contribution is -0.384. The van der Waals surface area contributed by atoms with Crippen molar-refractivity contribution in [2.45, 2.75) is 26.8 Å². The molecule has 0 saturated carbocycles. The van der Waals surface area contributed by atoms with Crippen molar-refractivity contribution in [3.63, 3.8) is 0 Å². The number of methoxy groups -OCH3 is 1. The van der Waals surface area contributed by atoms with E-state index in [2.05, 4.69) is 15.7 Å². The van der Waals surface area contributed by atoms with Crippen LogP contribution in [0, 0.1) is 17.0 Å². The molecule has 0 aliphatic heterocycles. The van der Waals surface area contributed by atoms with Crippen molar-refractivity contribution in [3.8, 4) is 0 Å². The van der Waals surface area contributed by atoms with Crippen LogP contribution in [0.25, 0.3) is 0 Å². The number of anilines is 1. The standard InChI is InChI=1S/C12H23N5O3/c1-4-8-16-12(11(17(18)19)10(2)15-16)14-6-5-13-7-9-20-3/h13-14H,4-9H2,1-3H3. The summed E-state index contributed by atoms with van der Waals surface area (Å²) in [4.78, 5) is 10.7. The molecule has 1 aromatic heterocycles. The average Bonchev–Trinajstić information content (AvgIpc) is 2.70. The van der Waals surface area contributed by atoms with Gasteiger partial charge in [0, 0.05) is 33.3 Å². The molecule has 8 nitrogen and oxygen atoms in total. The minimum atomic E-state index is -0.380. The molecule has 1 rings (SSSR count). The first-order valence-corrected chi connectivity index (χ1v) is 6.77. The van der Waals surface area contributed by atoms with Crippen LogP contribution in [-0.2, 0) is 11.3 Å². The summed E-state index contributed by atoms with van der Waals surface area (Å²) in [6.45, 7) is 7.04. The third-order valence-electron chi connectivity index (χ3n) is 2.79. The van der Waals surface area contributed by atoms with Gasteiger partial charge in [-0.15, -0.1) is 0 Å². The number of hydrogen-bond acceptors (Lipinski definition) is 6. The van der Waals surface area contributed by atoms with E-state index in [-0.39, 0.29) is 10.6 Å². The molecule has 0 radical (unpaired) electrons. The molecule has 114 valence electrons. The van der Waals surface area contributed by atoms with Crippen LogP contribution in [0.3, 0.4) is 0 Å². The predicted octanol–water partition coefficient (Wildman–Crippen LogP) is 1.16. The number of hydrogen-bond donors (Lipinski definition) is 2. The second-order valence-electron chi connectivity index (χ2n) is 4.43. The summed E-state index contributed by atoms with van der Waals surface area (Å²) in [6.07, 6.45) is 0.874. The Morgan fingerprint density at radius 3 is 2.75 bits per heavy atom. The molecule has 8 heteroatoms. The molecular weight excluding hydrogens is 262 g/mol. The van der Waals surface area contributed by atoms with E-state index >= 15 is 0 Å². The van der Waals surface area contributed by atoms with Gasteiger partial charge < -0.3 is 15.4 Å². The molecule has 20 heavy (non-hydrogen) atoms. The third kappa shape index (κ3) is 4.46. The van der Waals surface area contributed by atoms with E-state index in [1.54, 1.807) is 18.7 Å². The first-order valence-electron chi connectivity index (χ1n) is 6.77. The molecule has 0 aliphatic rings. The van der Waals surface area contributed by atoms with Crippen LogP contribution < -0.4 is 10.6 Å². The van der Waals surface area contributed by atoms with E-state index in [1.165, 1.54) is 0 Å². The Balaban J connectivity index is 2.63. The number of aromatic nitrogens is 2. The summed E-state index contributed by atoms with van der Waals surface area (Å²) in [6, 6.07) is 0. The second-order valence-corrected chi connectivity index (χ2v) is 4.43. The van der Waals surface area contributed by atoms with Gasteiger partial charge in [-0.2, -0.15) is 5.10 Å². The van der Waals surface area contributed by atoms with Crippen molar-refractivity contribution in [2.75, 3.05) is 38.7 Å². The van der Waals surface area contributed by atoms with E-state index in [9.17, 15) is 10.1 Å². The van der Waals surface area contributed by atoms with E-state index in [0.29, 0.717) is 37.8 Å². The van der Waals surface area contributed by atoms with Crippen molar-refractivity contribution in [3.05, 3.63) is 15.8 Å². The quantitative estimate of drug-likeness (QED) is 0.380. The molecule has 1 aromatic rings. The number of aryl methyl sites for hydroxylation is 2. The molecule has 0 unspecified atom stereocenters. The maximum absolute atomic E-state index is 11.1. The van der Waals surface area contributed by atoms with Gasteiger partial charge in [-0.05, 0) is 13.3 Å². The lowest BCUT2D eigenvalue weighted by Crippen LogP contribution is -2.26. The van der Waals surface area contributed by atoms with Gasteiger partial charge in [0.15, 0.2) is 0 Å². The molecule has 0 atom stereocenters. The largest absolute Gasteiger partial charge is 0.383 e. The predicted molar refractivity (Wildman–Crippen MR) is 77.1 cm³/mol. The highest BCUT2D eigenvalue weighted by molar-refractivity contribution is 5.59. The zero-order chi connectivity index (χ0) is 15.0. The van der Waals surface area contributed by atoms with Crippen LogP contribution in [0.2, 0.25) is 0 Å². The molecule has 0 bridgehead atoms. The highest BCUT2D eigenvalue weighted by Crippen LogP contribution is 2.28. The van der Waals surface area contributed by atoms with E-state index in [4.69, 9.17) is 4.74 Å². The summed E-state index contributed by atoms with van der Waals surface area (Å²) in [5, 5.41) is 21.6. The fourth-order valence-electron chi connectivity index (χ4n) is 1.91. The molecule has 0 aliphatic carbocycles. The van der Waals surface area contributed by atoms with Crippen LogP contribution >= 0.6 is 0 Å². The normalized spacial score (nSPS) is 10.8. The van der Waals surface area contributed by atoms with Crippen LogP contribution in [0.15, 0.2) is 0 Å². The van der Waals surface area contributed by atoms with Crippen molar-refractivity contribution >= 4 is 11.5 Å². The fraction of sp³-hybridized carbons (Fsp3) is 0.750. The highest BCUT2D eigenvalue weighted by Gasteiger charge is 2.24. The van der Waals surface area contributed by atoms with Gasteiger partial charge in [0.1, 0.15) is 5.69 Å². The van der Waals surface area contributed by atoms with Gasteiger partial charge in [0.05, 0.1) is 11.5 Å². The number of rotatable bonds is 10. The molecule has 2 N–H and O–H groups in total. The van der Waals surface area contributed by atoms with Gasteiger partial charge in [0.2, 0.25) is 5.82 Å². The molecule has 0 fully saturated rings. The fourth-order valence-corrected chi connectivity index (χ4v) is 1.91. The first kappa shape index (κ1) is 16.4. The van der Waals surface area contributed by atoms with Gasteiger partial charge in [-0.3, -0.25) is 10.1 Å². The van der Waals surface area contributed by atoms with Crippen LogP contribution in [0.5, 0.6) is 0 Å². The summed E-state index contributed by atoms with van der Waals surface area (Å²) in [5.41, 5.74) is 0.508. The third-order valence-corrected chi connectivity index (χ3v) is 2.79. The van der Waals surface area contributed by atoms with Gasteiger partial charge in [-0.25, -0.2) is 4.68 Å². The van der Waals surface area contributed by atoms with Crippen molar-refractivity contribution in [2.24, 2.45) is 0 Å². The summed E-state index contributed by atoms with van der Waals surface area (Å²) in [7, 11) is 1.65. The molecule has 0 aromatic carbocycles. The lowest BCUT2D eigenvalue weighted by atomic mass is 10.3. The molecule has 1 heterocycles. The minimum absolute atomic E-state index is 0.0651. The number of nitrogens with one attached hydrogen (secondary N) is 2. The maximum atomic E-state index is 11.1. The van der Waals surface area contributed by atoms with E-state index < -0.39 is 0 Å². The molecule has 0 saturated heterocycles. The van der Waals surface area contributed by atoms with Crippen LogP contribution in [-0.4, -0.2) is 48.1 Å². The Morgan fingerprint density at radius 1 is 1.40 bits per heavy atom. The number of nitrogens with zero attached hydrogens (tertiary/aromatic N) is 3. The molecule has 0 spiro atoms. The maximum Gasteiger partial charge on any atom is 0.333 e. The summed E-state index contributed by atoms with van der Waals surface area (Å²) >= 11 is 0. The lowest BCUT2D eigenvalue weighted by Gasteiger charge is -2.09. The molecular formula is C12H23N5O3. The topological polar surface area (TPSA) is 94.2 Å². The highest BCUT2D eigenvalue weighted by atomic mass is 16.6. The summed E-state index contributed by atoms with van der Waals surface area (Å²) < 4.78 is 6.59. The van der Waals surface area contributed by atoms with Crippen LogP contribution in [0.1, 0.15) is 19.0 Å². The molecule has 0 amide bonds. The Morgan fingerprint density at radius 2 is 2.15 bits per heavy atom. The zero-order valence-corrected chi connectivity index (χ0v) is 12.3. The number of nitro groups is 1. The SMILES string of the molecule is CCCn1nc(C)c([N+](=O)[O-])c1NCCNCCOC. The van der Waals surface area contributed by atoms with Gasteiger partial charge in [-0.1, -0.05) is 6.92 Å². The average molecular weight is 285 g/mol. The van der Waals surface area contributed by atoms with Crippen molar-refractivity contribution in [1.29, 1.82) is 0 Å². The second kappa shape index (κ2) is 8.49. The Kier molecular flexibility index (Phi) is 6.96. The van der Waals surface area contributed by atoms with E-state index in [1.807, 2.05) is 6.92 Å². The smallest absolute Gasteiger partial charge is 0.333 e. The van der Waals surface area contributed by atoms with Crippen molar-refractivity contribution in [1.82, 2.24) is 15.1 Å². The Labute approximate surface area is 118 Å². The van der Waals surface area contributed by atoms with Crippen molar-refractivity contribution < 1.29 is 9.66 Å². The van der Waals surface area contributed by atoms with Crippen LogP contribution in [0.4, 0.5) is 11.5 Å². The Bertz CT molecular complexity index is 433. The Hall–Kier alpha value is -1.67. The van der Waals surface area contributed by atoms with Gasteiger partial charge in [0.25, 0.3) is 0 Å².